The van der Waals surface area contributed by atoms with E-state index in [-0.39, 0.29) is 11.4 Å². The van der Waals surface area contributed by atoms with E-state index in [1.54, 1.807) is 13.2 Å². The van der Waals surface area contributed by atoms with Crippen molar-refractivity contribution in [2.75, 3.05) is 32.2 Å². The average Bonchev–Trinajstić information content (AvgIpc) is 2.34. The first-order valence-corrected chi connectivity index (χ1v) is 5.88. The zero-order valence-electron chi connectivity index (χ0n) is 10.7. The van der Waals surface area contributed by atoms with Crippen LogP contribution in [-0.4, -0.2) is 32.9 Å². The van der Waals surface area contributed by atoms with E-state index in [4.69, 9.17) is 9.47 Å². The lowest BCUT2D eigenvalue weighted by molar-refractivity contribution is -0.0974. The molecule has 5 nitrogen and oxygen atoms in total. The maximum absolute atomic E-state index is 11.7. The summed E-state index contributed by atoms with van der Waals surface area (Å²) in [5.41, 5.74) is 0.785. The second-order valence-electron chi connectivity index (χ2n) is 4.84. The molecule has 18 heavy (non-hydrogen) atoms. The summed E-state index contributed by atoms with van der Waals surface area (Å²) in [4.78, 5) is 11.7. The zero-order chi connectivity index (χ0) is 13.0. The fraction of sp³-hybridized carbons (Fsp3) is 0.462. The molecule has 0 saturated carbocycles. The van der Waals surface area contributed by atoms with Gasteiger partial charge in [-0.1, -0.05) is 13.0 Å². The van der Waals surface area contributed by atoms with Crippen LogP contribution in [0.15, 0.2) is 24.3 Å². The normalized spacial score (nSPS) is 16.6. The number of rotatable bonds is 4. The lowest BCUT2D eigenvalue weighted by atomic mass is 9.89. The number of hydrogen-bond donors (Lipinski definition) is 2. The molecule has 0 spiro atoms. The number of methoxy groups -OCH3 is 1. The Kier molecular flexibility index (Phi) is 3.72. The highest BCUT2D eigenvalue weighted by atomic mass is 16.5. The molecule has 1 fully saturated rings. The van der Waals surface area contributed by atoms with Gasteiger partial charge in [-0.05, 0) is 12.1 Å². The van der Waals surface area contributed by atoms with Crippen LogP contribution in [0.1, 0.15) is 6.92 Å². The third kappa shape index (κ3) is 3.13. The summed E-state index contributed by atoms with van der Waals surface area (Å²) in [6.45, 7) is 4.10. The minimum Gasteiger partial charge on any atom is -0.497 e. The van der Waals surface area contributed by atoms with Gasteiger partial charge in [0.1, 0.15) is 5.75 Å². The number of amides is 2. The molecule has 0 atom stereocenters. The van der Waals surface area contributed by atoms with E-state index >= 15 is 0 Å². The van der Waals surface area contributed by atoms with Gasteiger partial charge in [0.05, 0.1) is 20.3 Å². The summed E-state index contributed by atoms with van der Waals surface area (Å²) < 4.78 is 10.2. The number of benzene rings is 1. The van der Waals surface area contributed by atoms with Crippen LogP contribution >= 0.6 is 0 Å². The number of ether oxygens (including phenoxy) is 2. The lowest BCUT2D eigenvalue weighted by Crippen LogP contribution is -2.49. The van der Waals surface area contributed by atoms with Gasteiger partial charge in [0.25, 0.3) is 0 Å². The van der Waals surface area contributed by atoms with Crippen molar-refractivity contribution in [3.05, 3.63) is 24.3 Å². The van der Waals surface area contributed by atoms with Gasteiger partial charge in [0, 0.05) is 23.7 Å². The summed E-state index contributed by atoms with van der Waals surface area (Å²) in [5.74, 6) is 0.715. The van der Waals surface area contributed by atoms with Crippen molar-refractivity contribution >= 4 is 11.7 Å². The Labute approximate surface area is 106 Å². The quantitative estimate of drug-likeness (QED) is 0.857. The Bertz CT molecular complexity index is 430. The molecule has 1 heterocycles. The van der Waals surface area contributed by atoms with Gasteiger partial charge in [-0.15, -0.1) is 0 Å². The van der Waals surface area contributed by atoms with E-state index in [2.05, 4.69) is 17.6 Å². The van der Waals surface area contributed by atoms with Crippen molar-refractivity contribution in [2.45, 2.75) is 6.92 Å². The van der Waals surface area contributed by atoms with Gasteiger partial charge in [0.15, 0.2) is 0 Å². The van der Waals surface area contributed by atoms with Crippen molar-refractivity contribution < 1.29 is 14.3 Å². The van der Waals surface area contributed by atoms with Crippen molar-refractivity contribution in [3.63, 3.8) is 0 Å². The largest absolute Gasteiger partial charge is 0.497 e. The molecule has 1 aliphatic heterocycles. The number of carbonyl (C=O) groups is 1. The molecule has 0 bridgehead atoms. The van der Waals surface area contributed by atoms with Gasteiger partial charge in [0.2, 0.25) is 0 Å². The molecule has 1 saturated heterocycles. The van der Waals surface area contributed by atoms with Crippen molar-refractivity contribution in [1.29, 1.82) is 0 Å². The van der Waals surface area contributed by atoms with Crippen LogP contribution in [-0.2, 0) is 4.74 Å². The number of carbonyl (C=O) groups excluding carboxylic acids is 1. The van der Waals surface area contributed by atoms with Crippen LogP contribution in [0, 0.1) is 5.41 Å². The average molecular weight is 250 g/mol. The van der Waals surface area contributed by atoms with E-state index < -0.39 is 0 Å². The standard InChI is InChI=1S/C13H18N2O3/c1-13(8-18-9-13)7-14-12(16)15-10-4-3-5-11(6-10)17-2/h3-6H,7-9H2,1-2H3,(H2,14,15,16). The number of anilines is 1. The van der Waals surface area contributed by atoms with E-state index in [1.165, 1.54) is 0 Å². The zero-order valence-corrected chi connectivity index (χ0v) is 10.7. The number of nitrogens with one attached hydrogen (secondary N) is 2. The summed E-state index contributed by atoms with van der Waals surface area (Å²) >= 11 is 0. The van der Waals surface area contributed by atoms with Gasteiger partial charge in [-0.25, -0.2) is 4.79 Å². The molecule has 5 heteroatoms. The van der Waals surface area contributed by atoms with Crippen LogP contribution in [0.5, 0.6) is 5.75 Å². The molecule has 0 radical (unpaired) electrons. The topological polar surface area (TPSA) is 59.6 Å². The van der Waals surface area contributed by atoms with Crippen molar-refractivity contribution in [2.24, 2.45) is 5.41 Å². The van der Waals surface area contributed by atoms with Gasteiger partial charge in [-0.3, -0.25) is 0 Å². The summed E-state index contributed by atoms with van der Waals surface area (Å²) in [6, 6.07) is 7.03. The first-order valence-electron chi connectivity index (χ1n) is 5.88. The van der Waals surface area contributed by atoms with E-state index in [0.717, 1.165) is 0 Å². The SMILES string of the molecule is COc1cccc(NC(=O)NCC2(C)COC2)c1. The van der Waals surface area contributed by atoms with Crippen LogP contribution in [0.25, 0.3) is 0 Å². The maximum atomic E-state index is 11.7. The van der Waals surface area contributed by atoms with Gasteiger partial charge >= 0.3 is 6.03 Å². The predicted molar refractivity (Wildman–Crippen MR) is 68.9 cm³/mol. The first kappa shape index (κ1) is 12.7. The smallest absolute Gasteiger partial charge is 0.319 e. The molecule has 0 aromatic heterocycles. The van der Waals surface area contributed by atoms with Crippen molar-refractivity contribution in [1.82, 2.24) is 5.32 Å². The minimum absolute atomic E-state index is 0.0751. The van der Waals surface area contributed by atoms with Gasteiger partial charge in [-0.2, -0.15) is 0 Å². The Morgan fingerprint density at radius 3 is 2.89 bits per heavy atom. The van der Waals surface area contributed by atoms with E-state index in [9.17, 15) is 4.79 Å². The highest BCUT2D eigenvalue weighted by molar-refractivity contribution is 5.89. The summed E-state index contributed by atoms with van der Waals surface area (Å²) in [6.07, 6.45) is 0. The fourth-order valence-corrected chi connectivity index (χ4v) is 1.72. The van der Waals surface area contributed by atoms with Gasteiger partial charge < -0.3 is 20.1 Å². The van der Waals surface area contributed by atoms with E-state index in [1.807, 2.05) is 18.2 Å². The Balaban J connectivity index is 1.82. The highest BCUT2D eigenvalue weighted by Gasteiger charge is 2.33. The molecule has 0 unspecified atom stereocenters. The monoisotopic (exact) mass is 250 g/mol. The highest BCUT2D eigenvalue weighted by Crippen LogP contribution is 2.25. The Morgan fingerprint density at radius 1 is 1.50 bits per heavy atom. The third-order valence-corrected chi connectivity index (χ3v) is 2.90. The molecule has 1 aromatic rings. The number of urea groups is 1. The molecule has 1 aromatic carbocycles. The Hall–Kier alpha value is -1.75. The van der Waals surface area contributed by atoms with Crippen LogP contribution in [0.2, 0.25) is 0 Å². The third-order valence-electron chi connectivity index (χ3n) is 2.90. The Morgan fingerprint density at radius 2 is 2.28 bits per heavy atom. The maximum Gasteiger partial charge on any atom is 0.319 e. The minimum atomic E-state index is -0.212. The van der Waals surface area contributed by atoms with Crippen molar-refractivity contribution in [3.8, 4) is 5.75 Å². The molecular weight excluding hydrogens is 232 g/mol. The molecular formula is C13H18N2O3. The first-order chi connectivity index (χ1) is 8.61. The van der Waals surface area contributed by atoms with E-state index in [0.29, 0.717) is 31.2 Å². The van der Waals surface area contributed by atoms with Crippen LogP contribution < -0.4 is 15.4 Å². The second kappa shape index (κ2) is 5.27. The molecule has 2 rings (SSSR count). The molecule has 2 N–H and O–H groups in total. The second-order valence-corrected chi connectivity index (χ2v) is 4.84. The predicted octanol–water partition coefficient (Wildman–Crippen LogP) is 1.85. The molecule has 2 amide bonds. The molecule has 98 valence electrons. The van der Waals surface area contributed by atoms with Crippen LogP contribution in [0.4, 0.5) is 10.5 Å². The molecule has 0 aliphatic carbocycles. The fourth-order valence-electron chi connectivity index (χ4n) is 1.72. The summed E-state index contributed by atoms with van der Waals surface area (Å²) in [7, 11) is 1.59. The summed E-state index contributed by atoms with van der Waals surface area (Å²) in [5, 5.41) is 5.61. The lowest BCUT2D eigenvalue weighted by Gasteiger charge is -2.37. The van der Waals surface area contributed by atoms with Crippen LogP contribution in [0.3, 0.4) is 0 Å². The molecule has 1 aliphatic rings. The number of hydrogen-bond acceptors (Lipinski definition) is 3.